The molecule has 136 valence electrons. The summed E-state index contributed by atoms with van der Waals surface area (Å²) >= 11 is 0. The molecule has 1 heterocycles. The number of nitro benzene ring substituents is 1. The third kappa shape index (κ3) is 1.38. The van der Waals surface area contributed by atoms with Gasteiger partial charge in [0.25, 0.3) is 11.6 Å². The van der Waals surface area contributed by atoms with Crippen LogP contribution in [0.5, 0.6) is 0 Å². The van der Waals surface area contributed by atoms with Crippen molar-refractivity contribution in [3.8, 4) is 0 Å². The number of carbonyl (C=O) groups excluding carboxylic acids is 1. The molecular weight excluding hydrogens is 330 g/mol. The first-order valence-electron chi connectivity index (χ1n) is 9.71. The van der Waals surface area contributed by atoms with Gasteiger partial charge in [-0.15, -0.1) is 0 Å². The van der Waals surface area contributed by atoms with Gasteiger partial charge in [0, 0.05) is 18.7 Å². The molecule has 0 bridgehead atoms. The number of nitrogens with zero attached hydrogens (tertiary/aromatic N) is 3. The molecule has 0 radical (unpaired) electrons. The number of non-ortho nitro benzene ring substituents is 1. The largest absolute Gasteiger partial charge is 0.271 e. The molecule has 0 aromatic heterocycles. The smallest absolute Gasteiger partial charge is 0.269 e. The fraction of sp³-hybridized carbons (Fsp3) is 0.650. The van der Waals surface area contributed by atoms with Crippen LogP contribution >= 0.6 is 0 Å². The Labute approximate surface area is 152 Å². The Hall–Kier alpha value is -1.95. The van der Waals surface area contributed by atoms with Crippen LogP contribution in [-0.2, 0) is 11.3 Å². The Morgan fingerprint density at radius 1 is 1.12 bits per heavy atom. The van der Waals surface area contributed by atoms with E-state index in [4.69, 9.17) is 0 Å². The van der Waals surface area contributed by atoms with Gasteiger partial charge in [-0.05, 0) is 67.8 Å². The predicted octanol–water partition coefficient (Wildman–Crippen LogP) is 2.98. The van der Waals surface area contributed by atoms with E-state index in [1.807, 2.05) is 26.0 Å². The molecule has 4 atom stereocenters. The summed E-state index contributed by atoms with van der Waals surface area (Å²) in [7, 11) is 0. The first-order valence-corrected chi connectivity index (χ1v) is 9.71. The number of nitro groups is 1. The monoisotopic (exact) mass is 353 g/mol. The molecule has 0 N–H and O–H groups in total. The van der Waals surface area contributed by atoms with E-state index in [9.17, 15) is 14.9 Å². The number of hydrogen-bond donors (Lipinski definition) is 0. The van der Waals surface area contributed by atoms with E-state index in [0.717, 1.165) is 29.2 Å². The molecule has 1 spiro atoms. The third-order valence-corrected chi connectivity index (χ3v) is 8.57. The highest BCUT2D eigenvalue weighted by atomic mass is 16.6. The van der Waals surface area contributed by atoms with Crippen LogP contribution in [0.25, 0.3) is 0 Å². The van der Waals surface area contributed by atoms with Crippen LogP contribution < -0.4 is 0 Å². The average Bonchev–Trinajstić information content (AvgIpc) is 2.54. The van der Waals surface area contributed by atoms with E-state index in [2.05, 4.69) is 10.0 Å². The minimum Gasteiger partial charge on any atom is -0.271 e. The molecule has 26 heavy (non-hydrogen) atoms. The standard InChI is InChI=1S/C20H23N3O3/c1-19(2)18(24)22(17-15-8-12-7-13-9-16(17)20(12,13)15)21(19)10-11-3-5-14(6-4-11)23(25)26/h3-6,12-13,15-17H,7-10H2,1-2H3. The molecule has 5 fully saturated rings. The number of carbonyl (C=O) groups is 1. The van der Waals surface area contributed by atoms with Gasteiger partial charge in [0.2, 0.25) is 0 Å². The number of benzene rings is 1. The van der Waals surface area contributed by atoms with Gasteiger partial charge in [0.1, 0.15) is 5.54 Å². The Morgan fingerprint density at radius 3 is 2.27 bits per heavy atom. The van der Waals surface area contributed by atoms with Crippen molar-refractivity contribution < 1.29 is 9.72 Å². The first kappa shape index (κ1) is 15.1. The van der Waals surface area contributed by atoms with Gasteiger partial charge in [-0.2, -0.15) is 5.01 Å². The third-order valence-electron chi connectivity index (χ3n) is 8.57. The van der Waals surface area contributed by atoms with Crippen LogP contribution in [0.2, 0.25) is 0 Å². The average molecular weight is 353 g/mol. The molecule has 4 saturated carbocycles. The van der Waals surface area contributed by atoms with Crippen LogP contribution in [0.3, 0.4) is 0 Å². The number of amides is 1. The Kier molecular flexibility index (Phi) is 2.50. The van der Waals surface area contributed by atoms with E-state index >= 15 is 0 Å². The van der Waals surface area contributed by atoms with E-state index in [0.29, 0.717) is 18.0 Å². The van der Waals surface area contributed by atoms with Crippen molar-refractivity contribution in [1.82, 2.24) is 10.0 Å². The maximum Gasteiger partial charge on any atom is 0.269 e. The summed E-state index contributed by atoms with van der Waals surface area (Å²) in [5, 5.41) is 15.1. The van der Waals surface area contributed by atoms with Gasteiger partial charge in [-0.3, -0.25) is 19.9 Å². The highest BCUT2D eigenvalue weighted by Gasteiger charge is 2.86. The quantitative estimate of drug-likeness (QED) is 0.616. The minimum atomic E-state index is -0.490. The van der Waals surface area contributed by atoms with Crippen molar-refractivity contribution in [2.24, 2.45) is 29.1 Å². The van der Waals surface area contributed by atoms with E-state index < -0.39 is 5.54 Å². The van der Waals surface area contributed by atoms with Gasteiger partial charge in [0.05, 0.1) is 11.0 Å². The lowest BCUT2D eigenvalue weighted by molar-refractivity contribution is -0.426. The summed E-state index contributed by atoms with van der Waals surface area (Å²) in [5.74, 6) is 3.61. The lowest BCUT2D eigenvalue weighted by Gasteiger charge is -2.90. The van der Waals surface area contributed by atoms with Gasteiger partial charge in [-0.25, -0.2) is 0 Å². The lowest BCUT2D eigenvalue weighted by Crippen LogP contribution is -2.92. The van der Waals surface area contributed by atoms with Crippen molar-refractivity contribution in [2.75, 3.05) is 0 Å². The molecule has 6 heteroatoms. The fourth-order valence-electron chi connectivity index (χ4n) is 7.28. The normalized spacial score (nSPS) is 43.7. The van der Waals surface area contributed by atoms with Crippen molar-refractivity contribution in [3.63, 3.8) is 0 Å². The molecule has 4 aliphatic carbocycles. The molecule has 4 unspecified atom stereocenters. The molecule has 6 rings (SSSR count). The summed E-state index contributed by atoms with van der Waals surface area (Å²) in [6, 6.07) is 7.12. The minimum absolute atomic E-state index is 0.108. The SMILES string of the molecule is CC1(C)C(=O)N(C2C3CC4CC5CC2C453)N1Cc1ccc([N+](=O)[O-])cc1. The zero-order chi connectivity index (χ0) is 18.0. The Bertz CT molecular complexity index is 826. The van der Waals surface area contributed by atoms with Crippen LogP contribution in [0.15, 0.2) is 24.3 Å². The van der Waals surface area contributed by atoms with E-state index in [-0.39, 0.29) is 16.5 Å². The van der Waals surface area contributed by atoms with Gasteiger partial charge in [-0.1, -0.05) is 12.1 Å². The second kappa shape index (κ2) is 4.30. The zero-order valence-electron chi connectivity index (χ0n) is 15.1. The van der Waals surface area contributed by atoms with Crippen molar-refractivity contribution in [2.45, 2.75) is 51.2 Å². The predicted molar refractivity (Wildman–Crippen MR) is 93.6 cm³/mol. The topological polar surface area (TPSA) is 66.7 Å². The lowest BCUT2D eigenvalue weighted by atomic mass is 9.17. The first-order chi connectivity index (χ1) is 12.4. The zero-order valence-corrected chi connectivity index (χ0v) is 15.1. The molecule has 5 aliphatic rings. The van der Waals surface area contributed by atoms with E-state index in [1.54, 1.807) is 12.1 Å². The Balaban J connectivity index is 1.24. The summed E-state index contributed by atoms with van der Waals surface area (Å²) in [6.45, 7) is 4.61. The maximum absolute atomic E-state index is 12.9. The van der Waals surface area contributed by atoms with Crippen molar-refractivity contribution in [3.05, 3.63) is 39.9 Å². The molecule has 1 amide bonds. The highest BCUT2D eigenvalue weighted by molar-refractivity contribution is 5.90. The number of rotatable bonds is 4. The second-order valence-electron chi connectivity index (χ2n) is 9.49. The van der Waals surface area contributed by atoms with Crippen molar-refractivity contribution in [1.29, 1.82) is 0 Å². The van der Waals surface area contributed by atoms with Gasteiger partial charge in [0.15, 0.2) is 0 Å². The highest BCUT2D eigenvalue weighted by Crippen LogP contribution is 2.88. The molecule has 1 aromatic carbocycles. The molecule has 1 saturated heterocycles. The van der Waals surface area contributed by atoms with Crippen molar-refractivity contribution >= 4 is 11.6 Å². The summed E-state index contributed by atoms with van der Waals surface area (Å²) < 4.78 is 0. The van der Waals surface area contributed by atoms with Gasteiger partial charge >= 0.3 is 0 Å². The van der Waals surface area contributed by atoms with Crippen LogP contribution in [0.1, 0.15) is 38.7 Å². The number of hydrazine groups is 1. The van der Waals surface area contributed by atoms with Gasteiger partial charge < -0.3 is 0 Å². The van der Waals surface area contributed by atoms with Crippen LogP contribution in [0, 0.1) is 39.2 Å². The fourth-order valence-corrected chi connectivity index (χ4v) is 7.28. The maximum atomic E-state index is 12.9. The Morgan fingerprint density at radius 2 is 1.73 bits per heavy atom. The number of hydrogen-bond acceptors (Lipinski definition) is 4. The molecule has 1 aromatic rings. The van der Waals surface area contributed by atoms with Crippen LogP contribution in [-0.4, -0.2) is 32.4 Å². The molecule has 1 aliphatic heterocycles. The molecular formula is C20H23N3O3. The summed E-state index contributed by atoms with van der Waals surface area (Å²) in [5.41, 5.74) is 1.27. The summed E-state index contributed by atoms with van der Waals surface area (Å²) in [6.07, 6.45) is 4.06. The van der Waals surface area contributed by atoms with Crippen LogP contribution in [0.4, 0.5) is 5.69 Å². The molecule has 6 nitrogen and oxygen atoms in total. The van der Waals surface area contributed by atoms with E-state index in [1.165, 1.54) is 19.3 Å². The second-order valence-corrected chi connectivity index (χ2v) is 9.49. The summed E-state index contributed by atoms with van der Waals surface area (Å²) in [4.78, 5) is 23.4.